The Balaban J connectivity index is 1.16. The van der Waals surface area contributed by atoms with Crippen molar-refractivity contribution in [3.63, 3.8) is 0 Å². The third-order valence-corrected chi connectivity index (χ3v) is 9.02. The van der Waals surface area contributed by atoms with Crippen LogP contribution in [-0.4, -0.2) is 39.1 Å². The molecule has 0 radical (unpaired) electrons. The quantitative estimate of drug-likeness (QED) is 0.252. The van der Waals surface area contributed by atoms with E-state index in [2.05, 4.69) is 67.4 Å². The van der Waals surface area contributed by atoms with Crippen LogP contribution < -0.4 is 16.6 Å². The maximum absolute atomic E-state index is 13.9. The summed E-state index contributed by atoms with van der Waals surface area (Å²) in [6.45, 7) is 9.50. The third kappa shape index (κ3) is 6.69. The van der Waals surface area contributed by atoms with Crippen molar-refractivity contribution in [2.24, 2.45) is 0 Å². The first-order valence-electron chi connectivity index (χ1n) is 15.7. The summed E-state index contributed by atoms with van der Waals surface area (Å²) in [5.74, 6) is -0.0999. The molecule has 45 heavy (non-hydrogen) atoms. The summed E-state index contributed by atoms with van der Waals surface area (Å²) in [4.78, 5) is 42.9. The number of hydrogen-bond acceptors (Lipinski definition) is 4. The topological polar surface area (TPSA) is 76.3 Å². The van der Waals surface area contributed by atoms with Crippen molar-refractivity contribution < 1.29 is 4.79 Å². The van der Waals surface area contributed by atoms with Crippen molar-refractivity contribution >= 4 is 16.8 Å². The maximum Gasteiger partial charge on any atom is 0.332 e. The monoisotopic (exact) mass is 600 g/mol. The van der Waals surface area contributed by atoms with E-state index in [-0.39, 0.29) is 29.7 Å². The average molecular weight is 601 g/mol. The highest BCUT2D eigenvalue weighted by molar-refractivity contribution is 5.94. The molecule has 1 aliphatic rings. The first-order valence-corrected chi connectivity index (χ1v) is 15.7. The van der Waals surface area contributed by atoms with Gasteiger partial charge in [0.2, 0.25) is 0 Å². The van der Waals surface area contributed by atoms with Gasteiger partial charge in [0.25, 0.3) is 11.5 Å². The third-order valence-electron chi connectivity index (χ3n) is 9.02. The SMILES string of the molecule is Cc1cc(C)c(Cn2c(=O)n(Cc3ccc(C(=O)NC4CCN(Cc5ccccc5)CC4)cc3)c(=O)c3ccccc32)c(C)c1. The number of hydrogen-bond donors (Lipinski definition) is 1. The molecule has 1 fully saturated rings. The van der Waals surface area contributed by atoms with E-state index in [4.69, 9.17) is 0 Å². The van der Waals surface area contributed by atoms with Gasteiger partial charge < -0.3 is 5.32 Å². The molecule has 1 aliphatic heterocycles. The van der Waals surface area contributed by atoms with E-state index in [1.54, 1.807) is 22.8 Å². The van der Waals surface area contributed by atoms with Crippen LogP contribution in [0.1, 0.15) is 56.6 Å². The van der Waals surface area contributed by atoms with Crippen LogP contribution in [0.4, 0.5) is 0 Å². The van der Waals surface area contributed by atoms with Gasteiger partial charge in [-0.1, -0.05) is 72.3 Å². The Hall–Kier alpha value is -4.75. The number of carbonyl (C=O) groups excluding carboxylic acids is 1. The van der Waals surface area contributed by atoms with Gasteiger partial charge in [-0.2, -0.15) is 0 Å². The van der Waals surface area contributed by atoms with E-state index in [9.17, 15) is 14.4 Å². The summed E-state index contributed by atoms with van der Waals surface area (Å²) < 4.78 is 3.01. The summed E-state index contributed by atoms with van der Waals surface area (Å²) in [5, 5.41) is 3.70. The average Bonchev–Trinajstić information content (AvgIpc) is 3.04. The number of aromatic nitrogens is 2. The maximum atomic E-state index is 13.9. The van der Waals surface area contributed by atoms with Crippen molar-refractivity contribution in [2.75, 3.05) is 13.1 Å². The lowest BCUT2D eigenvalue weighted by Crippen LogP contribution is -2.44. The molecule has 7 heteroatoms. The number of para-hydroxylation sites is 1. The van der Waals surface area contributed by atoms with Gasteiger partial charge in [-0.25, -0.2) is 4.79 Å². The van der Waals surface area contributed by atoms with Crippen molar-refractivity contribution in [1.29, 1.82) is 0 Å². The van der Waals surface area contributed by atoms with Crippen LogP contribution in [0.5, 0.6) is 0 Å². The first kappa shape index (κ1) is 30.3. The van der Waals surface area contributed by atoms with Gasteiger partial charge in [0.05, 0.1) is 24.0 Å². The first-order chi connectivity index (χ1) is 21.8. The van der Waals surface area contributed by atoms with Crippen LogP contribution in [0, 0.1) is 20.8 Å². The predicted octanol–water partition coefficient (Wildman–Crippen LogP) is 5.58. The number of carbonyl (C=O) groups is 1. The number of aryl methyl sites for hydroxylation is 3. The molecule has 230 valence electrons. The second-order valence-corrected chi connectivity index (χ2v) is 12.4. The van der Waals surface area contributed by atoms with Crippen LogP contribution in [-0.2, 0) is 19.6 Å². The smallest absolute Gasteiger partial charge is 0.332 e. The van der Waals surface area contributed by atoms with Crippen molar-refractivity contribution in [3.05, 3.63) is 151 Å². The highest BCUT2D eigenvalue weighted by Crippen LogP contribution is 2.20. The van der Waals surface area contributed by atoms with Gasteiger partial charge in [-0.3, -0.25) is 23.6 Å². The van der Waals surface area contributed by atoms with E-state index in [1.807, 2.05) is 36.4 Å². The molecule has 6 rings (SSSR count). The molecule has 1 aromatic heterocycles. The lowest BCUT2D eigenvalue weighted by molar-refractivity contribution is 0.0909. The van der Waals surface area contributed by atoms with Crippen molar-refractivity contribution in [3.8, 4) is 0 Å². The van der Waals surface area contributed by atoms with Crippen molar-refractivity contribution in [1.82, 2.24) is 19.4 Å². The molecule has 1 N–H and O–H groups in total. The fourth-order valence-corrected chi connectivity index (χ4v) is 6.57. The largest absolute Gasteiger partial charge is 0.349 e. The molecule has 7 nitrogen and oxygen atoms in total. The number of rotatable bonds is 8. The lowest BCUT2D eigenvalue weighted by Gasteiger charge is -2.32. The van der Waals surface area contributed by atoms with Crippen LogP contribution in [0.25, 0.3) is 10.9 Å². The van der Waals surface area contributed by atoms with Gasteiger partial charge >= 0.3 is 5.69 Å². The van der Waals surface area contributed by atoms with Crippen LogP contribution in [0.2, 0.25) is 0 Å². The standard InChI is InChI=1S/C38H40N4O3/c1-26-21-27(2)34(28(3)22-26)25-41-35-12-8-7-11-33(35)37(44)42(38(41)45)24-30-13-15-31(16-14-30)36(43)39-32-17-19-40(20-18-32)23-29-9-5-4-6-10-29/h4-16,21-22,32H,17-20,23-25H2,1-3H3,(H,39,43). The fraction of sp³-hybridized carbons (Fsp3) is 0.289. The molecular weight excluding hydrogens is 560 g/mol. The number of likely N-dealkylation sites (tertiary alicyclic amines) is 1. The fourth-order valence-electron chi connectivity index (χ4n) is 6.57. The molecule has 0 saturated carbocycles. The van der Waals surface area contributed by atoms with Crippen LogP contribution in [0.3, 0.4) is 0 Å². The number of benzene rings is 4. The number of nitrogens with zero attached hydrogens (tertiary/aromatic N) is 3. The Bertz CT molecular complexity index is 1930. The summed E-state index contributed by atoms with van der Waals surface area (Å²) in [6.07, 6.45) is 1.82. The Labute approximate surface area is 263 Å². The minimum absolute atomic E-state index is 0.0999. The Morgan fingerprint density at radius 2 is 1.36 bits per heavy atom. The molecule has 1 saturated heterocycles. The molecule has 0 spiro atoms. The number of fused-ring (bicyclic) bond motifs is 1. The molecule has 2 heterocycles. The summed E-state index contributed by atoms with van der Waals surface area (Å²) in [5.41, 5.74) is 7.11. The Morgan fingerprint density at radius 1 is 0.733 bits per heavy atom. The van der Waals surface area contributed by atoms with Gasteiger partial charge in [-0.05, 0) is 85.7 Å². The zero-order valence-corrected chi connectivity index (χ0v) is 26.3. The summed E-state index contributed by atoms with van der Waals surface area (Å²) in [7, 11) is 0. The predicted molar refractivity (Wildman–Crippen MR) is 180 cm³/mol. The number of piperidine rings is 1. The second-order valence-electron chi connectivity index (χ2n) is 12.4. The van der Waals surface area contributed by atoms with Crippen molar-refractivity contribution in [2.45, 2.75) is 59.3 Å². The van der Waals surface area contributed by atoms with Gasteiger partial charge in [0, 0.05) is 31.2 Å². The molecule has 0 unspecified atom stereocenters. The summed E-state index contributed by atoms with van der Waals surface area (Å²) >= 11 is 0. The zero-order valence-electron chi connectivity index (χ0n) is 26.3. The zero-order chi connectivity index (χ0) is 31.5. The molecule has 5 aromatic rings. The molecule has 0 atom stereocenters. The molecule has 4 aromatic carbocycles. The second kappa shape index (κ2) is 13.1. The normalized spacial score (nSPS) is 14.1. The van der Waals surface area contributed by atoms with E-state index in [1.165, 1.54) is 15.7 Å². The Morgan fingerprint density at radius 3 is 2.04 bits per heavy atom. The number of amides is 1. The minimum atomic E-state index is -0.349. The highest BCUT2D eigenvalue weighted by atomic mass is 16.2. The van der Waals surface area contributed by atoms with Gasteiger partial charge in [0.1, 0.15) is 0 Å². The van der Waals surface area contributed by atoms with Crippen LogP contribution >= 0.6 is 0 Å². The van der Waals surface area contributed by atoms with E-state index < -0.39 is 0 Å². The molecule has 1 amide bonds. The number of nitrogens with one attached hydrogen (secondary N) is 1. The summed E-state index contributed by atoms with van der Waals surface area (Å²) in [6, 6.07) is 29.4. The van der Waals surface area contributed by atoms with E-state index >= 15 is 0 Å². The van der Waals surface area contributed by atoms with Gasteiger partial charge in [-0.15, -0.1) is 0 Å². The minimum Gasteiger partial charge on any atom is -0.349 e. The highest BCUT2D eigenvalue weighted by Gasteiger charge is 2.21. The lowest BCUT2D eigenvalue weighted by atomic mass is 9.99. The molecule has 0 aliphatic carbocycles. The van der Waals surface area contributed by atoms with E-state index in [0.29, 0.717) is 23.0 Å². The Kier molecular flexibility index (Phi) is 8.80. The molecular formula is C38H40N4O3. The van der Waals surface area contributed by atoms with E-state index in [0.717, 1.165) is 54.7 Å². The van der Waals surface area contributed by atoms with Crippen LogP contribution in [0.15, 0.2) is 101 Å². The van der Waals surface area contributed by atoms with Gasteiger partial charge in [0.15, 0.2) is 0 Å². The molecule has 0 bridgehead atoms.